The van der Waals surface area contributed by atoms with E-state index in [0.29, 0.717) is 6.42 Å². The smallest absolute Gasteiger partial charge is 0.252 e. The van der Waals surface area contributed by atoms with Crippen LogP contribution in [0.3, 0.4) is 0 Å². The van der Waals surface area contributed by atoms with Crippen molar-refractivity contribution in [2.45, 2.75) is 50.6 Å². The van der Waals surface area contributed by atoms with E-state index in [0.717, 1.165) is 6.07 Å². The van der Waals surface area contributed by atoms with Gasteiger partial charge in [0.1, 0.15) is 17.0 Å². The summed E-state index contributed by atoms with van der Waals surface area (Å²) in [5.41, 5.74) is -2.23. The van der Waals surface area contributed by atoms with Crippen molar-refractivity contribution in [2.75, 3.05) is 5.32 Å². The van der Waals surface area contributed by atoms with Crippen molar-refractivity contribution in [1.82, 2.24) is 9.88 Å². The van der Waals surface area contributed by atoms with Crippen LogP contribution >= 0.6 is 23.2 Å². The van der Waals surface area contributed by atoms with Gasteiger partial charge in [-0.1, -0.05) is 62.2 Å². The monoisotopic (exact) mass is 572 g/mol. The molecule has 1 amide bonds. The summed E-state index contributed by atoms with van der Waals surface area (Å²) in [5, 5.41) is 16.8. The second-order valence-electron chi connectivity index (χ2n) is 11.0. The molecular formula is C29H28Cl2F2N4O2. The molecule has 204 valence electrons. The number of amides is 1. The van der Waals surface area contributed by atoms with Crippen molar-refractivity contribution < 1.29 is 13.6 Å². The minimum absolute atomic E-state index is 0.00793. The molecule has 2 heterocycles. The first-order chi connectivity index (χ1) is 18.3. The van der Waals surface area contributed by atoms with E-state index in [2.05, 4.69) is 16.7 Å². The molecule has 0 aliphatic carbocycles. The molecule has 1 fully saturated rings. The molecular weight excluding hydrogens is 545 g/mol. The lowest BCUT2D eigenvalue weighted by molar-refractivity contribution is -0.118. The molecule has 0 radical (unpaired) electrons. The standard InChI is InChI=1S/C29H28Cl2F2N4O2/c1-28(2,3)14-22-29(15-34,19-9-8-16(30)12-21(19)32)24(18-6-5-7-20(31)25(18)33)26(36-22)27(39)35-17-10-11-37(4)23(38)13-17/h5-13,22,24,26,36H,14H2,1-4H3,(H,35,39). The molecule has 2 N–H and O–H groups in total. The molecule has 0 saturated carbocycles. The number of rotatable bonds is 5. The quantitative estimate of drug-likeness (QED) is 0.396. The third kappa shape index (κ3) is 5.44. The van der Waals surface area contributed by atoms with E-state index < -0.39 is 41.0 Å². The predicted octanol–water partition coefficient (Wildman–Crippen LogP) is 5.93. The number of anilines is 1. The highest BCUT2D eigenvalue weighted by Gasteiger charge is 2.61. The Morgan fingerprint density at radius 1 is 1.18 bits per heavy atom. The third-order valence-corrected chi connectivity index (χ3v) is 7.63. The summed E-state index contributed by atoms with van der Waals surface area (Å²) in [6.45, 7) is 5.87. The maximum absolute atomic E-state index is 15.7. The topological polar surface area (TPSA) is 86.9 Å². The van der Waals surface area contributed by atoms with Crippen LogP contribution in [-0.2, 0) is 17.3 Å². The van der Waals surface area contributed by atoms with E-state index in [1.54, 1.807) is 13.1 Å². The van der Waals surface area contributed by atoms with Crippen LogP contribution < -0.4 is 16.2 Å². The van der Waals surface area contributed by atoms with Crippen LogP contribution in [0.5, 0.6) is 0 Å². The zero-order chi connectivity index (χ0) is 28.7. The molecule has 4 atom stereocenters. The lowest BCUT2D eigenvalue weighted by Crippen LogP contribution is -2.45. The van der Waals surface area contributed by atoms with Crippen LogP contribution in [0.25, 0.3) is 0 Å². The Balaban J connectivity index is 1.97. The fraction of sp³-hybridized carbons (Fsp3) is 0.345. The Morgan fingerprint density at radius 3 is 2.51 bits per heavy atom. The average Bonchev–Trinajstić information content (AvgIpc) is 3.16. The molecule has 1 saturated heterocycles. The number of nitrogens with zero attached hydrogens (tertiary/aromatic N) is 2. The van der Waals surface area contributed by atoms with Gasteiger partial charge in [-0.05, 0) is 41.7 Å². The van der Waals surface area contributed by atoms with E-state index >= 15 is 8.78 Å². The number of nitrogens with one attached hydrogen (secondary N) is 2. The van der Waals surface area contributed by atoms with Gasteiger partial charge in [0.05, 0.1) is 17.1 Å². The van der Waals surface area contributed by atoms with Crippen LogP contribution in [0.2, 0.25) is 10.0 Å². The molecule has 1 aromatic heterocycles. The molecule has 4 unspecified atom stereocenters. The molecule has 1 aliphatic rings. The fourth-order valence-electron chi connectivity index (χ4n) is 5.40. The number of pyridine rings is 1. The predicted molar refractivity (Wildman–Crippen MR) is 148 cm³/mol. The number of aromatic nitrogens is 1. The van der Waals surface area contributed by atoms with Gasteiger partial charge in [-0.15, -0.1) is 0 Å². The summed E-state index contributed by atoms with van der Waals surface area (Å²) >= 11 is 12.2. The number of halogens is 4. The lowest BCUT2D eigenvalue weighted by Gasteiger charge is -2.37. The van der Waals surface area contributed by atoms with Crippen LogP contribution in [0, 0.1) is 28.4 Å². The maximum atomic E-state index is 15.7. The van der Waals surface area contributed by atoms with E-state index in [1.807, 2.05) is 20.8 Å². The number of hydrogen-bond acceptors (Lipinski definition) is 4. The Kier molecular flexibility index (Phi) is 7.91. The first kappa shape index (κ1) is 28.8. The maximum Gasteiger partial charge on any atom is 0.252 e. The van der Waals surface area contributed by atoms with Gasteiger partial charge in [0, 0.05) is 47.5 Å². The molecule has 3 aromatic rings. The number of carbonyl (C=O) groups excluding carboxylic acids is 1. The summed E-state index contributed by atoms with van der Waals surface area (Å²) in [6, 6.07) is 11.4. The number of aryl methyl sites for hydroxylation is 1. The molecule has 10 heteroatoms. The largest absolute Gasteiger partial charge is 0.324 e. The second kappa shape index (κ2) is 10.7. The first-order valence-corrected chi connectivity index (χ1v) is 13.1. The van der Waals surface area contributed by atoms with Gasteiger partial charge in [0.15, 0.2) is 0 Å². The molecule has 2 aromatic carbocycles. The Morgan fingerprint density at radius 2 is 1.90 bits per heavy atom. The van der Waals surface area contributed by atoms with E-state index in [-0.39, 0.29) is 37.8 Å². The molecule has 1 aliphatic heterocycles. The number of benzene rings is 2. The summed E-state index contributed by atoms with van der Waals surface area (Å²) < 4.78 is 32.7. The average molecular weight is 573 g/mol. The van der Waals surface area contributed by atoms with Gasteiger partial charge < -0.3 is 15.2 Å². The SMILES string of the molecule is Cn1ccc(NC(=O)C2NC(CC(C)(C)C)C(C#N)(c3ccc(Cl)cc3F)C2c2cccc(Cl)c2F)cc1=O. The van der Waals surface area contributed by atoms with Crippen LogP contribution in [0.15, 0.2) is 59.5 Å². The van der Waals surface area contributed by atoms with Crippen molar-refractivity contribution >= 4 is 34.8 Å². The molecule has 4 rings (SSSR count). The second-order valence-corrected chi connectivity index (χ2v) is 11.9. The van der Waals surface area contributed by atoms with Crippen molar-refractivity contribution in [3.8, 4) is 6.07 Å². The molecule has 0 bridgehead atoms. The first-order valence-electron chi connectivity index (χ1n) is 12.3. The van der Waals surface area contributed by atoms with Gasteiger partial charge in [-0.3, -0.25) is 9.59 Å². The van der Waals surface area contributed by atoms with Crippen molar-refractivity contribution in [3.63, 3.8) is 0 Å². The zero-order valence-electron chi connectivity index (χ0n) is 21.9. The van der Waals surface area contributed by atoms with Crippen LogP contribution in [0.4, 0.5) is 14.5 Å². The Labute approximate surface area is 235 Å². The fourth-order valence-corrected chi connectivity index (χ4v) is 5.74. The van der Waals surface area contributed by atoms with Crippen molar-refractivity contribution in [3.05, 3.63) is 97.9 Å². The van der Waals surface area contributed by atoms with E-state index in [1.165, 1.54) is 47.2 Å². The minimum Gasteiger partial charge on any atom is -0.324 e. The molecule has 0 spiro atoms. The van der Waals surface area contributed by atoms with Crippen molar-refractivity contribution in [1.29, 1.82) is 5.26 Å². The number of nitriles is 1. The zero-order valence-corrected chi connectivity index (χ0v) is 23.4. The Bertz CT molecular complexity index is 1530. The Hall–Kier alpha value is -3.25. The van der Waals surface area contributed by atoms with Gasteiger partial charge in [0.2, 0.25) is 5.91 Å². The summed E-state index contributed by atoms with van der Waals surface area (Å²) in [4.78, 5) is 26.0. The highest BCUT2D eigenvalue weighted by atomic mass is 35.5. The third-order valence-electron chi connectivity index (χ3n) is 7.10. The highest BCUT2D eigenvalue weighted by Crippen LogP contribution is 2.52. The number of hydrogen-bond donors (Lipinski definition) is 2. The van der Waals surface area contributed by atoms with Crippen molar-refractivity contribution in [2.24, 2.45) is 12.5 Å². The van der Waals surface area contributed by atoms with E-state index in [4.69, 9.17) is 23.2 Å². The minimum atomic E-state index is -1.73. The molecule has 39 heavy (non-hydrogen) atoms. The lowest BCUT2D eigenvalue weighted by atomic mass is 9.62. The highest BCUT2D eigenvalue weighted by molar-refractivity contribution is 6.31. The summed E-state index contributed by atoms with van der Waals surface area (Å²) in [5.74, 6) is -3.36. The summed E-state index contributed by atoms with van der Waals surface area (Å²) in [6.07, 6.45) is 1.84. The number of carbonyl (C=O) groups is 1. The van der Waals surface area contributed by atoms with Gasteiger partial charge in [-0.2, -0.15) is 5.26 Å². The summed E-state index contributed by atoms with van der Waals surface area (Å²) in [7, 11) is 1.57. The van der Waals surface area contributed by atoms with Gasteiger partial charge >= 0.3 is 0 Å². The van der Waals surface area contributed by atoms with Gasteiger partial charge in [0.25, 0.3) is 5.56 Å². The van der Waals surface area contributed by atoms with Crippen LogP contribution in [0.1, 0.15) is 44.2 Å². The van der Waals surface area contributed by atoms with Crippen LogP contribution in [-0.4, -0.2) is 22.6 Å². The van der Waals surface area contributed by atoms with E-state index in [9.17, 15) is 14.9 Å². The van der Waals surface area contributed by atoms with Gasteiger partial charge in [-0.25, -0.2) is 8.78 Å². The normalized spacial score (nSPS) is 22.9. The molecule has 6 nitrogen and oxygen atoms in total.